The molecule has 8 rings (SSSR count). The SMILES string of the molecule is C1=CC2[CH-]CCC2C=C1.C1=CC2[CH-]CCC2C=C1.C[Si]C.C[Si]C.Cc1cc2ccccc2[cH-]1.Cc1cc2ccccc2[cH-]1.[Zr+2].[Zr+2]. The maximum absolute atomic E-state index is 2.42. The van der Waals surface area contributed by atoms with E-state index in [9.17, 15) is 0 Å². The van der Waals surface area contributed by atoms with Crippen molar-refractivity contribution in [3.63, 3.8) is 0 Å². The van der Waals surface area contributed by atoms with E-state index in [0.717, 1.165) is 42.7 Å². The number of rotatable bonds is 0. The van der Waals surface area contributed by atoms with E-state index in [-0.39, 0.29) is 52.4 Å². The van der Waals surface area contributed by atoms with Crippen molar-refractivity contribution in [2.75, 3.05) is 0 Å². The topological polar surface area (TPSA) is 0 Å². The van der Waals surface area contributed by atoms with Gasteiger partial charge in [0.1, 0.15) is 0 Å². The normalized spacial score (nSPS) is 20.7. The van der Waals surface area contributed by atoms with Gasteiger partial charge < -0.3 is 12.8 Å². The first-order valence-electron chi connectivity index (χ1n) is 16.3. The van der Waals surface area contributed by atoms with Gasteiger partial charge in [0.05, 0.1) is 0 Å². The standard InChI is InChI=1S/2C10H9.2C9H11.2C2H6Si.2Zr/c2*1-8-6-9-4-2-3-5-10(9)7-8;2*1-2-5-9-7-3-6-8(9)4-1;2*1-3-2;;/h2*2-7H,1H3;2*1-2,4-6,8-9H,3,7H2;2*1-2H3;;/q4*-1;;;2*+2. The van der Waals surface area contributed by atoms with Gasteiger partial charge in [-0.15, -0.1) is 105 Å². The van der Waals surface area contributed by atoms with Crippen LogP contribution < -0.4 is 0 Å². The van der Waals surface area contributed by atoms with Gasteiger partial charge in [-0.3, -0.25) is 0 Å². The van der Waals surface area contributed by atoms with Crippen molar-refractivity contribution < 1.29 is 52.4 Å². The summed E-state index contributed by atoms with van der Waals surface area (Å²) in [5.41, 5.74) is 2.70. The predicted octanol–water partition coefficient (Wildman–Crippen LogP) is 12.0. The van der Waals surface area contributed by atoms with Crippen LogP contribution in [-0.4, -0.2) is 19.0 Å². The molecular weight excluding hydrogens is 743 g/mol. The molecule has 4 aliphatic carbocycles. The number of hydrogen-bond donors (Lipinski definition) is 0. The molecule has 0 aliphatic heterocycles. The Hall–Kier alpha value is -1.18. The molecule has 4 aromatic rings. The third-order valence-electron chi connectivity index (χ3n) is 8.00. The summed E-state index contributed by atoms with van der Waals surface area (Å²) in [7, 11) is 2.17. The zero-order valence-electron chi connectivity index (χ0n) is 28.8. The minimum absolute atomic E-state index is 0. The number of aryl methyl sites for hydroxylation is 2. The van der Waals surface area contributed by atoms with E-state index >= 15 is 0 Å². The number of fused-ring (bicyclic) bond motifs is 4. The second-order valence-electron chi connectivity index (χ2n) is 12.0. The van der Waals surface area contributed by atoms with Crippen molar-refractivity contribution in [2.24, 2.45) is 23.7 Å². The van der Waals surface area contributed by atoms with Crippen molar-refractivity contribution in [2.45, 2.75) is 65.7 Å². The molecule has 236 valence electrons. The molecule has 0 heterocycles. The summed E-state index contributed by atoms with van der Waals surface area (Å²) in [5.74, 6) is 3.23. The molecule has 0 N–H and O–H groups in total. The molecule has 4 radical (unpaired) electrons. The van der Waals surface area contributed by atoms with Crippen molar-refractivity contribution in [1.82, 2.24) is 0 Å². The maximum atomic E-state index is 2.42. The van der Waals surface area contributed by atoms with Crippen LogP contribution in [0, 0.1) is 50.4 Å². The smallest absolute Gasteiger partial charge is 0.321 e. The average molecular weight is 795 g/mol. The van der Waals surface area contributed by atoms with Crippen LogP contribution in [0.5, 0.6) is 0 Å². The molecule has 0 bridgehead atoms. The van der Waals surface area contributed by atoms with Crippen LogP contribution >= 0.6 is 0 Å². The molecular formula is C42H52Si2Zr2. The minimum atomic E-state index is 0. The zero-order chi connectivity index (χ0) is 31.6. The molecule has 2 fully saturated rings. The summed E-state index contributed by atoms with van der Waals surface area (Å²) >= 11 is 0. The van der Waals surface area contributed by atoms with E-state index in [1.165, 1.54) is 58.4 Å². The molecule has 4 aliphatic rings. The quantitative estimate of drug-likeness (QED) is 0.123. The summed E-state index contributed by atoms with van der Waals surface area (Å²) in [4.78, 5) is 0. The summed E-state index contributed by atoms with van der Waals surface area (Å²) in [6.45, 7) is 12.9. The predicted molar refractivity (Wildman–Crippen MR) is 201 cm³/mol. The summed E-state index contributed by atoms with van der Waals surface area (Å²) in [6, 6.07) is 25.7. The van der Waals surface area contributed by atoms with E-state index < -0.39 is 0 Å². The Kier molecular flexibility index (Phi) is 23.2. The molecule has 0 nitrogen and oxygen atoms in total. The van der Waals surface area contributed by atoms with Crippen molar-refractivity contribution >= 4 is 40.6 Å². The van der Waals surface area contributed by atoms with Gasteiger partial charge in [-0.25, -0.2) is 0 Å². The van der Waals surface area contributed by atoms with Gasteiger partial charge in [0.2, 0.25) is 0 Å². The fourth-order valence-electron chi connectivity index (χ4n) is 6.00. The van der Waals surface area contributed by atoms with E-state index in [1.807, 2.05) is 0 Å². The molecule has 0 amide bonds. The Labute approximate surface area is 324 Å². The molecule has 0 spiro atoms. The Morgan fingerprint density at radius 1 is 0.543 bits per heavy atom. The van der Waals surface area contributed by atoms with Gasteiger partial charge in [0.15, 0.2) is 0 Å². The zero-order valence-corrected chi connectivity index (χ0v) is 35.8. The van der Waals surface area contributed by atoms with Crippen molar-refractivity contribution in [3.05, 3.63) is 145 Å². The first-order valence-corrected chi connectivity index (χ1v) is 20.3. The molecule has 0 saturated heterocycles. The van der Waals surface area contributed by atoms with Crippen LogP contribution in [0.3, 0.4) is 0 Å². The molecule has 4 unspecified atom stereocenters. The fraction of sp³-hybridized carbons (Fsp3) is 0.333. The molecule has 4 heteroatoms. The second kappa shape index (κ2) is 24.9. The van der Waals surface area contributed by atoms with Crippen LogP contribution in [0.4, 0.5) is 0 Å². The molecule has 4 atom stereocenters. The molecule has 2 saturated carbocycles. The monoisotopic (exact) mass is 792 g/mol. The summed E-state index contributed by atoms with van der Waals surface area (Å²) in [6.07, 6.45) is 28.1. The molecule has 4 aromatic carbocycles. The van der Waals surface area contributed by atoms with Crippen LogP contribution in [-0.2, 0) is 52.4 Å². The Balaban J connectivity index is 0.000000286. The van der Waals surface area contributed by atoms with Crippen LogP contribution in [0.25, 0.3) is 21.5 Å². The second-order valence-corrected chi connectivity index (χ2v) is 14.0. The van der Waals surface area contributed by atoms with E-state index in [2.05, 4.69) is 174 Å². The van der Waals surface area contributed by atoms with Crippen LogP contribution in [0.15, 0.2) is 121 Å². The van der Waals surface area contributed by atoms with Gasteiger partial charge in [-0.05, 0) is 11.8 Å². The average Bonchev–Trinajstić information content (AvgIpc) is 3.84. The van der Waals surface area contributed by atoms with E-state index in [4.69, 9.17) is 0 Å². The number of allylic oxidation sites excluding steroid dienone is 8. The van der Waals surface area contributed by atoms with Crippen LogP contribution in [0.2, 0.25) is 26.2 Å². The Bertz CT molecular complexity index is 1260. The Morgan fingerprint density at radius 2 is 0.891 bits per heavy atom. The first kappa shape index (κ1) is 42.8. The van der Waals surface area contributed by atoms with E-state index in [1.54, 1.807) is 0 Å². The van der Waals surface area contributed by atoms with Gasteiger partial charge in [-0.2, -0.15) is 25.0 Å². The summed E-state index contributed by atoms with van der Waals surface area (Å²) < 4.78 is 0. The number of hydrogen-bond acceptors (Lipinski definition) is 0. The first-order chi connectivity index (χ1) is 21.5. The third kappa shape index (κ3) is 14.9. The molecule has 0 aromatic heterocycles. The number of benzene rings is 2. The van der Waals surface area contributed by atoms with Gasteiger partial charge >= 0.3 is 52.4 Å². The molecule has 46 heavy (non-hydrogen) atoms. The van der Waals surface area contributed by atoms with Gasteiger partial charge in [-0.1, -0.05) is 101 Å². The largest absolute Gasteiger partial charge is 2.00 e. The summed E-state index contributed by atoms with van der Waals surface area (Å²) in [5, 5.41) is 5.39. The van der Waals surface area contributed by atoms with Crippen LogP contribution in [0.1, 0.15) is 36.8 Å². The van der Waals surface area contributed by atoms with Crippen molar-refractivity contribution in [3.8, 4) is 0 Å². The Morgan fingerprint density at radius 3 is 1.24 bits per heavy atom. The van der Waals surface area contributed by atoms with Crippen molar-refractivity contribution in [1.29, 1.82) is 0 Å². The van der Waals surface area contributed by atoms with Gasteiger partial charge in [0, 0.05) is 19.0 Å². The third-order valence-corrected chi connectivity index (χ3v) is 8.00. The van der Waals surface area contributed by atoms with E-state index in [0.29, 0.717) is 0 Å². The van der Waals surface area contributed by atoms with Gasteiger partial charge in [0.25, 0.3) is 0 Å². The fourth-order valence-corrected chi connectivity index (χ4v) is 6.00. The maximum Gasteiger partial charge on any atom is 2.00 e. The minimum Gasteiger partial charge on any atom is -0.321 e.